The zero-order valence-electron chi connectivity index (χ0n) is 16.6. The number of quaternary nitrogens is 1. The van der Waals surface area contributed by atoms with Gasteiger partial charge in [0.25, 0.3) is 5.91 Å². The van der Waals surface area contributed by atoms with Gasteiger partial charge in [-0.05, 0) is 43.3 Å². The zero-order valence-corrected chi connectivity index (χ0v) is 17.4. The van der Waals surface area contributed by atoms with E-state index in [1.54, 1.807) is 11.3 Å². The van der Waals surface area contributed by atoms with Crippen molar-refractivity contribution in [2.24, 2.45) is 0 Å². The maximum absolute atomic E-state index is 13.4. The second kappa shape index (κ2) is 9.35. The second-order valence-electron chi connectivity index (χ2n) is 6.99. The third-order valence-electron chi connectivity index (χ3n) is 5.06. The predicted octanol–water partition coefficient (Wildman–Crippen LogP) is 2.26. The summed E-state index contributed by atoms with van der Waals surface area (Å²) in [4.78, 5) is 21.4. The molecule has 1 aromatic heterocycles. The summed E-state index contributed by atoms with van der Waals surface area (Å²) in [7, 11) is 0. The monoisotopic (exact) mass is 412 g/mol. The van der Waals surface area contributed by atoms with Crippen molar-refractivity contribution in [2.45, 2.75) is 6.92 Å². The fourth-order valence-electron chi connectivity index (χ4n) is 3.46. The van der Waals surface area contributed by atoms with Gasteiger partial charge in [0.1, 0.15) is 18.8 Å². The first-order valence-electron chi connectivity index (χ1n) is 10.1. The molecule has 1 amide bonds. The molecule has 1 aliphatic rings. The molecule has 4 rings (SSSR count). The lowest BCUT2D eigenvalue weighted by Crippen LogP contribution is -3.14. The molecule has 7 heteroatoms. The molecule has 1 saturated heterocycles. The molecular weight excluding hydrogens is 386 g/mol. The van der Waals surface area contributed by atoms with Gasteiger partial charge in [-0.25, -0.2) is 4.98 Å². The summed E-state index contributed by atoms with van der Waals surface area (Å²) in [5.74, 6) is 0.744. The molecule has 2 heterocycles. The van der Waals surface area contributed by atoms with E-state index >= 15 is 0 Å². The number of nitrogens with zero attached hydrogens (tertiary/aromatic N) is 2. The maximum atomic E-state index is 13.4. The van der Waals surface area contributed by atoms with Crippen molar-refractivity contribution in [3.05, 3.63) is 54.1 Å². The number of hydrogen-bond donors (Lipinski definition) is 1. The largest absolute Gasteiger partial charge is 0.494 e. The van der Waals surface area contributed by atoms with Crippen LogP contribution in [0.3, 0.4) is 0 Å². The number of aromatic nitrogens is 1. The van der Waals surface area contributed by atoms with Gasteiger partial charge in [-0.3, -0.25) is 9.69 Å². The van der Waals surface area contributed by atoms with Crippen LogP contribution in [0, 0.1) is 0 Å². The molecule has 2 aromatic carbocycles. The van der Waals surface area contributed by atoms with E-state index in [0.29, 0.717) is 18.7 Å². The van der Waals surface area contributed by atoms with Crippen molar-refractivity contribution in [3.63, 3.8) is 0 Å². The zero-order chi connectivity index (χ0) is 20.1. The van der Waals surface area contributed by atoms with E-state index in [-0.39, 0.29) is 5.91 Å². The van der Waals surface area contributed by atoms with Gasteiger partial charge in [0.2, 0.25) is 0 Å². The Labute approximate surface area is 174 Å². The van der Waals surface area contributed by atoms with Crippen molar-refractivity contribution < 1.29 is 19.2 Å². The van der Waals surface area contributed by atoms with Crippen molar-refractivity contribution in [3.8, 4) is 5.75 Å². The van der Waals surface area contributed by atoms with Gasteiger partial charge in [-0.2, -0.15) is 0 Å². The van der Waals surface area contributed by atoms with E-state index in [9.17, 15) is 4.79 Å². The van der Waals surface area contributed by atoms with Crippen molar-refractivity contribution >= 4 is 32.6 Å². The number of carbonyl (C=O) groups is 1. The van der Waals surface area contributed by atoms with Crippen LogP contribution in [-0.2, 0) is 4.74 Å². The third-order valence-corrected chi connectivity index (χ3v) is 6.12. The van der Waals surface area contributed by atoms with Gasteiger partial charge in [0.05, 0.1) is 43.1 Å². The summed E-state index contributed by atoms with van der Waals surface area (Å²) >= 11 is 1.56. The van der Waals surface area contributed by atoms with Crippen LogP contribution in [0.2, 0.25) is 0 Å². The topological polar surface area (TPSA) is 56.1 Å². The number of nitrogens with one attached hydrogen (secondary N) is 1. The number of hydrogen-bond acceptors (Lipinski definition) is 5. The van der Waals surface area contributed by atoms with Crippen LogP contribution < -0.4 is 14.5 Å². The summed E-state index contributed by atoms with van der Waals surface area (Å²) < 4.78 is 12.0. The predicted molar refractivity (Wildman–Crippen MR) is 115 cm³/mol. The molecule has 0 unspecified atom stereocenters. The quantitative estimate of drug-likeness (QED) is 0.647. The highest BCUT2D eigenvalue weighted by atomic mass is 32.1. The van der Waals surface area contributed by atoms with Crippen molar-refractivity contribution in [2.75, 3.05) is 50.9 Å². The lowest BCUT2D eigenvalue weighted by Gasteiger charge is -2.27. The molecule has 29 heavy (non-hydrogen) atoms. The summed E-state index contributed by atoms with van der Waals surface area (Å²) in [5, 5.41) is 0.748. The van der Waals surface area contributed by atoms with Gasteiger partial charge in [-0.1, -0.05) is 23.5 Å². The number of carbonyl (C=O) groups excluding carboxylic acids is 1. The number of anilines is 1. The first-order chi connectivity index (χ1) is 14.2. The smallest absolute Gasteiger partial charge is 0.260 e. The molecule has 0 spiro atoms. The van der Waals surface area contributed by atoms with Gasteiger partial charge in [-0.15, -0.1) is 0 Å². The van der Waals surface area contributed by atoms with Crippen molar-refractivity contribution in [1.29, 1.82) is 0 Å². The number of rotatable bonds is 7. The minimum atomic E-state index is -0.0280. The Balaban J connectivity index is 1.58. The molecule has 1 N–H and O–H groups in total. The van der Waals surface area contributed by atoms with E-state index < -0.39 is 0 Å². The first-order valence-corrected chi connectivity index (χ1v) is 10.9. The van der Waals surface area contributed by atoms with Crippen LogP contribution in [0.1, 0.15) is 17.3 Å². The molecule has 0 aliphatic carbocycles. The number of amides is 1. The molecule has 1 fully saturated rings. The highest BCUT2D eigenvalue weighted by Crippen LogP contribution is 2.29. The Morgan fingerprint density at radius 1 is 1.17 bits per heavy atom. The second-order valence-corrected chi connectivity index (χ2v) is 8.00. The van der Waals surface area contributed by atoms with E-state index in [4.69, 9.17) is 14.5 Å². The fourth-order valence-corrected chi connectivity index (χ4v) is 4.45. The van der Waals surface area contributed by atoms with Crippen LogP contribution >= 0.6 is 11.3 Å². The number of thiazole rings is 1. The third kappa shape index (κ3) is 4.75. The van der Waals surface area contributed by atoms with Crippen LogP contribution in [0.15, 0.2) is 48.5 Å². The molecule has 0 atom stereocenters. The lowest BCUT2D eigenvalue weighted by molar-refractivity contribution is -0.906. The lowest BCUT2D eigenvalue weighted by atomic mass is 10.2. The van der Waals surface area contributed by atoms with Gasteiger partial charge >= 0.3 is 0 Å². The normalized spacial score (nSPS) is 14.8. The minimum Gasteiger partial charge on any atom is -0.494 e. The molecule has 0 saturated carbocycles. The van der Waals surface area contributed by atoms with E-state index in [2.05, 4.69) is 0 Å². The number of benzene rings is 2. The van der Waals surface area contributed by atoms with Crippen LogP contribution in [0.4, 0.5) is 5.13 Å². The molecular formula is C22H26N3O3S+. The summed E-state index contributed by atoms with van der Waals surface area (Å²) in [6, 6.07) is 15.4. The van der Waals surface area contributed by atoms with Crippen LogP contribution in [0.25, 0.3) is 10.2 Å². The molecule has 1 aliphatic heterocycles. The summed E-state index contributed by atoms with van der Waals surface area (Å²) in [6.45, 7) is 7.57. The van der Waals surface area contributed by atoms with Crippen molar-refractivity contribution in [1.82, 2.24) is 4.98 Å². The van der Waals surface area contributed by atoms with Gasteiger partial charge in [0.15, 0.2) is 5.13 Å². The Bertz CT molecular complexity index is 918. The number of morpholine rings is 1. The summed E-state index contributed by atoms with van der Waals surface area (Å²) in [5.41, 5.74) is 1.57. The average Bonchev–Trinajstić information content (AvgIpc) is 3.19. The van der Waals surface area contributed by atoms with E-state index in [1.807, 2.05) is 60.4 Å². The molecule has 152 valence electrons. The molecule has 6 nitrogen and oxygen atoms in total. The highest BCUT2D eigenvalue weighted by Gasteiger charge is 2.24. The number of para-hydroxylation sites is 1. The number of ether oxygens (including phenoxy) is 2. The Hall–Kier alpha value is -2.48. The highest BCUT2D eigenvalue weighted by molar-refractivity contribution is 7.22. The summed E-state index contributed by atoms with van der Waals surface area (Å²) in [6.07, 6.45) is 0. The maximum Gasteiger partial charge on any atom is 0.260 e. The minimum absolute atomic E-state index is 0.0280. The SMILES string of the molecule is CCOc1ccc(C(=O)N(CC[NH+]2CCOCC2)c2nc3ccccc3s2)cc1. The Morgan fingerprint density at radius 3 is 2.66 bits per heavy atom. The van der Waals surface area contributed by atoms with Crippen LogP contribution in [-0.4, -0.2) is 56.9 Å². The fraction of sp³-hybridized carbons (Fsp3) is 0.364. The van der Waals surface area contributed by atoms with E-state index in [1.165, 1.54) is 4.90 Å². The number of fused-ring (bicyclic) bond motifs is 1. The van der Waals surface area contributed by atoms with Crippen LogP contribution in [0.5, 0.6) is 5.75 Å². The first kappa shape index (κ1) is 19.8. The molecule has 0 bridgehead atoms. The Kier molecular flexibility index (Phi) is 6.39. The van der Waals surface area contributed by atoms with Gasteiger partial charge < -0.3 is 14.4 Å². The van der Waals surface area contributed by atoms with Gasteiger partial charge in [0, 0.05) is 5.56 Å². The molecule has 0 radical (unpaired) electrons. The average molecular weight is 413 g/mol. The Morgan fingerprint density at radius 2 is 1.93 bits per heavy atom. The standard InChI is InChI=1S/C22H25N3O3S/c1-2-28-18-9-7-17(8-10-18)21(26)25(12-11-24-13-15-27-16-14-24)22-23-19-5-3-4-6-20(19)29-22/h3-10H,2,11-16H2,1H3/p+1. The molecule has 3 aromatic rings. The van der Waals surface area contributed by atoms with E-state index in [0.717, 1.165) is 53.9 Å².